The Morgan fingerprint density at radius 1 is 1.04 bits per heavy atom. The molecule has 1 fully saturated rings. The molecule has 23 heavy (non-hydrogen) atoms. The van der Waals surface area contributed by atoms with E-state index in [1.807, 2.05) is 60.7 Å². The lowest BCUT2D eigenvalue weighted by Crippen LogP contribution is -2.40. The van der Waals surface area contributed by atoms with Gasteiger partial charge in [0.25, 0.3) is 0 Å². The predicted octanol–water partition coefficient (Wildman–Crippen LogP) is 2.21. The van der Waals surface area contributed by atoms with Crippen molar-refractivity contribution in [1.29, 1.82) is 0 Å². The molecule has 3 rings (SSSR count). The van der Waals surface area contributed by atoms with Crippen LogP contribution in [0.2, 0.25) is 0 Å². The highest BCUT2D eigenvalue weighted by Crippen LogP contribution is 2.24. The maximum absolute atomic E-state index is 12.8. The van der Waals surface area contributed by atoms with E-state index in [9.17, 15) is 9.59 Å². The molecule has 0 saturated carbocycles. The van der Waals surface area contributed by atoms with Crippen LogP contribution in [0.1, 0.15) is 29.9 Å². The van der Waals surface area contributed by atoms with Crippen LogP contribution in [-0.2, 0) is 9.59 Å². The van der Waals surface area contributed by atoms with Gasteiger partial charge in [-0.2, -0.15) is 0 Å². The zero-order valence-electron chi connectivity index (χ0n) is 12.9. The quantitative estimate of drug-likeness (QED) is 0.890. The molecule has 0 bridgehead atoms. The Balaban J connectivity index is 1.75. The first-order valence-corrected chi connectivity index (χ1v) is 7.91. The molecule has 1 saturated heterocycles. The molecule has 1 unspecified atom stereocenters. The number of benzene rings is 2. The van der Waals surface area contributed by atoms with E-state index in [4.69, 9.17) is 0 Å². The van der Waals surface area contributed by atoms with E-state index in [1.165, 1.54) is 0 Å². The van der Waals surface area contributed by atoms with Crippen LogP contribution in [0.3, 0.4) is 0 Å². The molecule has 1 aliphatic heterocycles. The smallest absolute Gasteiger partial charge is 0.232 e. The molecular weight excluding hydrogens is 288 g/mol. The van der Waals surface area contributed by atoms with Crippen LogP contribution in [0.4, 0.5) is 0 Å². The highest BCUT2D eigenvalue weighted by atomic mass is 16.2. The van der Waals surface area contributed by atoms with Crippen LogP contribution in [0.5, 0.6) is 0 Å². The molecule has 1 heterocycles. The lowest BCUT2D eigenvalue weighted by Gasteiger charge is -2.19. The fraction of sp³-hybridized carbons (Fsp3) is 0.263. The SMILES string of the molecule is O=C1CCC(CNC(=O)C(c2ccccc2)c2ccccc2)N1. The number of hydrogen-bond donors (Lipinski definition) is 2. The second-order valence-electron chi connectivity index (χ2n) is 5.80. The van der Waals surface area contributed by atoms with Gasteiger partial charge in [0, 0.05) is 19.0 Å². The molecule has 2 N–H and O–H groups in total. The van der Waals surface area contributed by atoms with Gasteiger partial charge in [-0.3, -0.25) is 9.59 Å². The van der Waals surface area contributed by atoms with Crippen molar-refractivity contribution in [2.75, 3.05) is 6.54 Å². The largest absolute Gasteiger partial charge is 0.353 e. The average molecular weight is 308 g/mol. The summed E-state index contributed by atoms with van der Waals surface area (Å²) < 4.78 is 0. The number of carbonyl (C=O) groups excluding carboxylic acids is 2. The average Bonchev–Trinajstić information content (AvgIpc) is 3.01. The second-order valence-corrected chi connectivity index (χ2v) is 5.80. The summed E-state index contributed by atoms with van der Waals surface area (Å²) in [6.07, 6.45) is 1.32. The van der Waals surface area contributed by atoms with Crippen molar-refractivity contribution < 1.29 is 9.59 Å². The number of carbonyl (C=O) groups is 2. The number of nitrogens with one attached hydrogen (secondary N) is 2. The number of rotatable bonds is 5. The van der Waals surface area contributed by atoms with E-state index in [1.54, 1.807) is 0 Å². The van der Waals surface area contributed by atoms with Crippen LogP contribution in [-0.4, -0.2) is 24.4 Å². The monoisotopic (exact) mass is 308 g/mol. The third-order valence-corrected chi connectivity index (χ3v) is 4.14. The molecule has 4 nitrogen and oxygen atoms in total. The van der Waals surface area contributed by atoms with E-state index >= 15 is 0 Å². The summed E-state index contributed by atoms with van der Waals surface area (Å²) in [5.41, 5.74) is 1.93. The number of hydrogen-bond acceptors (Lipinski definition) is 2. The van der Waals surface area contributed by atoms with Gasteiger partial charge in [-0.05, 0) is 17.5 Å². The third-order valence-electron chi connectivity index (χ3n) is 4.14. The first kappa shape index (κ1) is 15.3. The van der Waals surface area contributed by atoms with Crippen LogP contribution in [0, 0.1) is 0 Å². The molecular formula is C19H20N2O2. The minimum atomic E-state index is -0.338. The lowest BCUT2D eigenvalue weighted by atomic mass is 9.90. The summed E-state index contributed by atoms with van der Waals surface area (Å²) in [5.74, 6) is -0.315. The fourth-order valence-electron chi connectivity index (χ4n) is 2.94. The van der Waals surface area contributed by atoms with E-state index in [2.05, 4.69) is 10.6 Å². The highest BCUT2D eigenvalue weighted by molar-refractivity contribution is 5.87. The molecule has 2 aromatic carbocycles. The zero-order chi connectivity index (χ0) is 16.1. The topological polar surface area (TPSA) is 58.2 Å². The van der Waals surface area contributed by atoms with Crippen LogP contribution >= 0.6 is 0 Å². The van der Waals surface area contributed by atoms with E-state index in [0.29, 0.717) is 13.0 Å². The molecule has 0 aromatic heterocycles. The normalized spacial score (nSPS) is 17.1. The summed E-state index contributed by atoms with van der Waals surface area (Å²) in [4.78, 5) is 24.0. The Bertz CT molecular complexity index is 631. The molecule has 2 aromatic rings. The van der Waals surface area contributed by atoms with Gasteiger partial charge in [-0.15, -0.1) is 0 Å². The van der Waals surface area contributed by atoms with Gasteiger partial charge in [0.05, 0.1) is 5.92 Å². The maximum Gasteiger partial charge on any atom is 0.232 e. The van der Waals surface area contributed by atoms with Crippen molar-refractivity contribution >= 4 is 11.8 Å². The summed E-state index contributed by atoms with van der Waals surface area (Å²) in [6.45, 7) is 0.473. The summed E-state index contributed by atoms with van der Waals surface area (Å²) in [5, 5.41) is 5.86. The Kier molecular flexibility index (Phi) is 4.71. The summed E-state index contributed by atoms with van der Waals surface area (Å²) >= 11 is 0. The minimum absolute atomic E-state index is 0.0384. The Hall–Kier alpha value is -2.62. The van der Waals surface area contributed by atoms with Gasteiger partial charge in [0.15, 0.2) is 0 Å². The van der Waals surface area contributed by atoms with E-state index in [0.717, 1.165) is 17.5 Å². The molecule has 0 spiro atoms. The maximum atomic E-state index is 12.8. The van der Waals surface area contributed by atoms with Crippen molar-refractivity contribution in [2.45, 2.75) is 24.8 Å². The minimum Gasteiger partial charge on any atom is -0.353 e. The van der Waals surface area contributed by atoms with Gasteiger partial charge >= 0.3 is 0 Å². The van der Waals surface area contributed by atoms with Crippen LogP contribution < -0.4 is 10.6 Å². The lowest BCUT2D eigenvalue weighted by molar-refractivity contribution is -0.122. The van der Waals surface area contributed by atoms with Crippen molar-refractivity contribution in [3.8, 4) is 0 Å². The van der Waals surface area contributed by atoms with E-state index in [-0.39, 0.29) is 23.8 Å². The zero-order valence-corrected chi connectivity index (χ0v) is 12.9. The van der Waals surface area contributed by atoms with Crippen molar-refractivity contribution in [1.82, 2.24) is 10.6 Å². The number of amides is 2. The molecule has 1 aliphatic rings. The Labute approximate surface area is 135 Å². The van der Waals surface area contributed by atoms with Crippen molar-refractivity contribution in [3.05, 3.63) is 71.8 Å². The van der Waals surface area contributed by atoms with Gasteiger partial charge in [-0.1, -0.05) is 60.7 Å². The van der Waals surface area contributed by atoms with E-state index < -0.39 is 0 Å². The van der Waals surface area contributed by atoms with Gasteiger partial charge < -0.3 is 10.6 Å². The molecule has 118 valence electrons. The third kappa shape index (κ3) is 3.77. The summed E-state index contributed by atoms with van der Waals surface area (Å²) in [6, 6.07) is 19.6. The van der Waals surface area contributed by atoms with Gasteiger partial charge in [-0.25, -0.2) is 0 Å². The molecule has 0 radical (unpaired) electrons. The second kappa shape index (κ2) is 7.09. The van der Waals surface area contributed by atoms with Gasteiger partial charge in [0.1, 0.15) is 0 Å². The predicted molar refractivity (Wildman–Crippen MR) is 88.9 cm³/mol. The first-order valence-electron chi connectivity index (χ1n) is 7.91. The van der Waals surface area contributed by atoms with Crippen molar-refractivity contribution in [2.24, 2.45) is 0 Å². The Morgan fingerprint density at radius 2 is 1.61 bits per heavy atom. The molecule has 0 aliphatic carbocycles. The highest BCUT2D eigenvalue weighted by Gasteiger charge is 2.25. The van der Waals surface area contributed by atoms with Crippen LogP contribution in [0.25, 0.3) is 0 Å². The Morgan fingerprint density at radius 3 is 2.09 bits per heavy atom. The van der Waals surface area contributed by atoms with Gasteiger partial charge in [0.2, 0.25) is 11.8 Å². The standard InChI is InChI=1S/C19H20N2O2/c22-17-12-11-16(21-17)13-20-19(23)18(14-7-3-1-4-8-14)15-9-5-2-6-10-15/h1-10,16,18H,11-13H2,(H,20,23)(H,21,22). The first-order chi connectivity index (χ1) is 11.2. The molecule has 2 amide bonds. The van der Waals surface area contributed by atoms with Crippen LogP contribution in [0.15, 0.2) is 60.7 Å². The van der Waals surface area contributed by atoms with Crippen molar-refractivity contribution in [3.63, 3.8) is 0 Å². The molecule has 4 heteroatoms. The fourth-order valence-corrected chi connectivity index (χ4v) is 2.94. The molecule has 1 atom stereocenters. The summed E-state index contributed by atoms with van der Waals surface area (Å²) in [7, 11) is 0.